The Hall–Kier alpha value is -0.630. The van der Waals surface area contributed by atoms with Crippen molar-refractivity contribution >= 4 is 0 Å². The highest BCUT2D eigenvalue weighted by atomic mass is 16.5. The van der Waals surface area contributed by atoms with Crippen LogP contribution in [0.5, 0.6) is 0 Å². The van der Waals surface area contributed by atoms with Crippen LogP contribution in [0.1, 0.15) is 47.0 Å². The van der Waals surface area contributed by atoms with Crippen molar-refractivity contribution in [1.82, 2.24) is 0 Å². The second kappa shape index (κ2) is 7.65. The summed E-state index contributed by atoms with van der Waals surface area (Å²) in [6.07, 6.45) is 2.17. The average molecular weight is 242 g/mol. The van der Waals surface area contributed by atoms with Crippen LogP contribution in [0.15, 0.2) is 0 Å². The molecule has 0 rings (SSSR count). The number of rotatable bonds is 8. The molecule has 0 amide bonds. The topological polar surface area (TPSA) is 68.3 Å². The van der Waals surface area contributed by atoms with E-state index in [1.807, 2.05) is 27.7 Å². The fourth-order valence-corrected chi connectivity index (χ4v) is 1.31. The fraction of sp³-hybridized carbons (Fsp3) is 0.923. The van der Waals surface area contributed by atoms with E-state index in [-0.39, 0.29) is 5.60 Å². The lowest BCUT2D eigenvalue weighted by Gasteiger charge is -2.20. The van der Waals surface area contributed by atoms with Crippen LogP contribution >= 0.6 is 0 Å². The lowest BCUT2D eigenvalue weighted by molar-refractivity contribution is -0.0353. The summed E-state index contributed by atoms with van der Waals surface area (Å²) < 4.78 is 10.9. The van der Waals surface area contributed by atoms with Gasteiger partial charge in [0.1, 0.15) is 5.54 Å². The van der Waals surface area contributed by atoms with E-state index < -0.39 is 5.54 Å². The number of ether oxygens (including phenoxy) is 2. The Labute approximate surface area is 105 Å². The summed E-state index contributed by atoms with van der Waals surface area (Å²) in [4.78, 5) is 0. The molecule has 0 aliphatic heterocycles. The second-order valence-electron chi connectivity index (χ2n) is 5.30. The molecule has 0 aromatic carbocycles. The molecular formula is C13H26N2O2. The van der Waals surface area contributed by atoms with Crippen LogP contribution in [0.2, 0.25) is 0 Å². The van der Waals surface area contributed by atoms with Crippen molar-refractivity contribution in [2.75, 3.05) is 19.8 Å². The number of hydrogen-bond acceptors (Lipinski definition) is 4. The quantitative estimate of drug-likeness (QED) is 0.663. The molecule has 2 N–H and O–H groups in total. The van der Waals surface area contributed by atoms with Crippen molar-refractivity contribution in [3.05, 3.63) is 0 Å². The van der Waals surface area contributed by atoms with E-state index in [0.29, 0.717) is 32.7 Å². The van der Waals surface area contributed by atoms with E-state index in [0.717, 1.165) is 6.42 Å². The van der Waals surface area contributed by atoms with Gasteiger partial charge in [0.15, 0.2) is 0 Å². The first kappa shape index (κ1) is 16.4. The van der Waals surface area contributed by atoms with Crippen molar-refractivity contribution in [3.63, 3.8) is 0 Å². The Kier molecular flexibility index (Phi) is 7.37. The zero-order valence-corrected chi connectivity index (χ0v) is 11.6. The Bertz CT molecular complexity index is 243. The number of nitrogens with two attached hydrogens (primary N) is 1. The molecule has 1 unspecified atom stereocenters. The molecule has 0 bridgehead atoms. The summed E-state index contributed by atoms with van der Waals surface area (Å²) in [5.74, 6) is 0. The number of nitrogens with zero attached hydrogens (tertiary/aromatic N) is 1. The van der Waals surface area contributed by atoms with Gasteiger partial charge in [0.25, 0.3) is 0 Å². The first-order valence-corrected chi connectivity index (χ1v) is 6.25. The third kappa shape index (κ3) is 9.11. The SMILES string of the molecule is CCC(N)(C#N)CCCOCCOC(C)(C)C. The summed E-state index contributed by atoms with van der Waals surface area (Å²) in [6.45, 7) is 9.81. The highest BCUT2D eigenvalue weighted by Crippen LogP contribution is 2.12. The third-order valence-electron chi connectivity index (χ3n) is 2.53. The minimum absolute atomic E-state index is 0.112. The molecule has 0 aliphatic rings. The van der Waals surface area contributed by atoms with Gasteiger partial charge in [-0.2, -0.15) is 5.26 Å². The molecule has 4 nitrogen and oxygen atoms in total. The summed E-state index contributed by atoms with van der Waals surface area (Å²) in [5.41, 5.74) is 5.05. The summed E-state index contributed by atoms with van der Waals surface area (Å²) in [7, 11) is 0. The molecule has 0 aromatic heterocycles. The lowest BCUT2D eigenvalue weighted by Crippen LogP contribution is -2.37. The zero-order valence-electron chi connectivity index (χ0n) is 11.6. The molecule has 4 heteroatoms. The van der Waals surface area contributed by atoms with E-state index in [1.54, 1.807) is 0 Å². The summed E-state index contributed by atoms with van der Waals surface area (Å²) in [6, 6.07) is 2.15. The number of hydrogen-bond donors (Lipinski definition) is 1. The maximum atomic E-state index is 8.88. The van der Waals surface area contributed by atoms with E-state index in [9.17, 15) is 0 Å². The second-order valence-corrected chi connectivity index (χ2v) is 5.30. The largest absolute Gasteiger partial charge is 0.379 e. The highest BCUT2D eigenvalue weighted by molar-refractivity contribution is 5.03. The van der Waals surface area contributed by atoms with Gasteiger partial charge in [-0.1, -0.05) is 6.92 Å². The van der Waals surface area contributed by atoms with Crippen LogP contribution in [0.3, 0.4) is 0 Å². The smallest absolute Gasteiger partial charge is 0.104 e. The van der Waals surface area contributed by atoms with E-state index in [1.165, 1.54) is 0 Å². The van der Waals surface area contributed by atoms with Crippen LogP contribution in [-0.2, 0) is 9.47 Å². The van der Waals surface area contributed by atoms with Crippen molar-refractivity contribution < 1.29 is 9.47 Å². The number of nitriles is 1. The lowest BCUT2D eigenvalue weighted by atomic mass is 9.94. The molecule has 0 saturated carbocycles. The van der Waals surface area contributed by atoms with Gasteiger partial charge in [-0.05, 0) is 40.0 Å². The normalized spacial score (nSPS) is 15.3. The van der Waals surface area contributed by atoms with Gasteiger partial charge in [0.05, 0.1) is 24.9 Å². The maximum absolute atomic E-state index is 8.88. The monoisotopic (exact) mass is 242 g/mol. The molecule has 0 saturated heterocycles. The molecule has 0 aromatic rings. The van der Waals surface area contributed by atoms with E-state index in [2.05, 4.69) is 6.07 Å². The molecule has 0 fully saturated rings. The van der Waals surface area contributed by atoms with Gasteiger partial charge >= 0.3 is 0 Å². The Morgan fingerprint density at radius 3 is 2.29 bits per heavy atom. The molecule has 0 aliphatic carbocycles. The predicted octanol–water partition coefficient (Wildman–Crippen LogP) is 2.23. The molecule has 100 valence electrons. The maximum Gasteiger partial charge on any atom is 0.104 e. The molecule has 0 heterocycles. The standard InChI is InChI=1S/C13H26N2O2/c1-5-13(15,11-14)7-6-8-16-9-10-17-12(2,3)4/h5-10,15H2,1-4H3. The minimum Gasteiger partial charge on any atom is -0.379 e. The summed E-state index contributed by atoms with van der Waals surface area (Å²) in [5, 5.41) is 8.88. The first-order chi connectivity index (χ1) is 7.83. The van der Waals surface area contributed by atoms with E-state index >= 15 is 0 Å². The van der Waals surface area contributed by atoms with Gasteiger partial charge in [-0.25, -0.2) is 0 Å². The molecule has 0 spiro atoms. The Morgan fingerprint density at radius 2 is 1.82 bits per heavy atom. The van der Waals surface area contributed by atoms with Crippen molar-refractivity contribution in [3.8, 4) is 6.07 Å². The Morgan fingerprint density at radius 1 is 1.18 bits per heavy atom. The van der Waals surface area contributed by atoms with Gasteiger partial charge in [-0.3, -0.25) is 0 Å². The van der Waals surface area contributed by atoms with Crippen LogP contribution in [0, 0.1) is 11.3 Å². The van der Waals surface area contributed by atoms with Gasteiger partial charge in [0, 0.05) is 6.61 Å². The van der Waals surface area contributed by atoms with E-state index in [4.69, 9.17) is 20.5 Å². The van der Waals surface area contributed by atoms with Crippen molar-refractivity contribution in [2.24, 2.45) is 5.73 Å². The first-order valence-electron chi connectivity index (χ1n) is 6.25. The highest BCUT2D eigenvalue weighted by Gasteiger charge is 2.20. The third-order valence-corrected chi connectivity index (χ3v) is 2.53. The molecule has 1 atom stereocenters. The van der Waals surface area contributed by atoms with Crippen LogP contribution < -0.4 is 5.73 Å². The fourth-order valence-electron chi connectivity index (χ4n) is 1.31. The molecule has 17 heavy (non-hydrogen) atoms. The van der Waals surface area contributed by atoms with Crippen molar-refractivity contribution in [2.45, 2.75) is 58.1 Å². The van der Waals surface area contributed by atoms with Crippen LogP contribution in [0.25, 0.3) is 0 Å². The van der Waals surface area contributed by atoms with Gasteiger partial charge in [0.2, 0.25) is 0 Å². The van der Waals surface area contributed by atoms with Crippen molar-refractivity contribution in [1.29, 1.82) is 5.26 Å². The minimum atomic E-state index is -0.689. The zero-order chi connectivity index (χ0) is 13.4. The van der Waals surface area contributed by atoms with Gasteiger partial charge in [-0.15, -0.1) is 0 Å². The predicted molar refractivity (Wildman–Crippen MR) is 68.6 cm³/mol. The van der Waals surface area contributed by atoms with Crippen LogP contribution in [0.4, 0.5) is 0 Å². The van der Waals surface area contributed by atoms with Gasteiger partial charge < -0.3 is 15.2 Å². The van der Waals surface area contributed by atoms with Crippen LogP contribution in [-0.4, -0.2) is 31.0 Å². The molecular weight excluding hydrogens is 216 g/mol. The Balaban J connectivity index is 3.45. The summed E-state index contributed by atoms with van der Waals surface area (Å²) >= 11 is 0. The average Bonchev–Trinajstić information content (AvgIpc) is 2.26. The molecule has 0 radical (unpaired) electrons.